The number of fused-ring (bicyclic) bond motifs is 1. The average molecular weight is 303 g/mol. The van der Waals surface area contributed by atoms with Crippen LogP contribution in [0.25, 0.3) is 10.9 Å². The molecule has 1 fully saturated rings. The third kappa shape index (κ3) is 2.94. The minimum absolute atomic E-state index is 0.00843. The number of nitrogens with zero attached hydrogens (tertiary/aromatic N) is 1. The molecule has 1 aromatic carbocycles. The molecule has 0 amide bonds. The first-order valence-electron chi connectivity index (χ1n) is 6.95. The van der Waals surface area contributed by atoms with E-state index in [1.165, 1.54) is 11.8 Å². The number of nitriles is 1. The summed E-state index contributed by atoms with van der Waals surface area (Å²) < 4.78 is 25.3. The highest BCUT2D eigenvalue weighted by atomic mass is 32.2. The molecule has 21 heavy (non-hydrogen) atoms. The van der Waals surface area contributed by atoms with Gasteiger partial charge in [-0.1, -0.05) is 0 Å². The lowest BCUT2D eigenvalue weighted by Crippen LogP contribution is -2.31. The van der Waals surface area contributed by atoms with Gasteiger partial charge in [0.15, 0.2) is 0 Å². The monoisotopic (exact) mass is 303 g/mol. The molecule has 6 heteroatoms. The summed E-state index contributed by atoms with van der Waals surface area (Å²) in [4.78, 5) is 3.23. The zero-order valence-corrected chi connectivity index (χ0v) is 12.6. The molecule has 0 aliphatic heterocycles. The van der Waals surface area contributed by atoms with E-state index in [-0.39, 0.29) is 6.04 Å². The molecule has 0 radical (unpaired) electrons. The number of hydrogen-bond donors (Lipinski definition) is 2. The van der Waals surface area contributed by atoms with Crippen molar-refractivity contribution in [3.05, 3.63) is 35.5 Å². The van der Waals surface area contributed by atoms with Gasteiger partial charge in [0, 0.05) is 23.1 Å². The van der Waals surface area contributed by atoms with Gasteiger partial charge < -0.3 is 4.98 Å². The lowest BCUT2D eigenvalue weighted by Gasteiger charge is -2.11. The summed E-state index contributed by atoms with van der Waals surface area (Å²) >= 11 is 0. The number of benzene rings is 1. The molecule has 1 aliphatic carbocycles. The van der Waals surface area contributed by atoms with Crippen molar-refractivity contribution in [2.24, 2.45) is 0 Å². The van der Waals surface area contributed by atoms with Crippen LogP contribution < -0.4 is 4.72 Å². The van der Waals surface area contributed by atoms with Crippen molar-refractivity contribution in [1.82, 2.24) is 9.71 Å². The van der Waals surface area contributed by atoms with Gasteiger partial charge in [0.05, 0.1) is 17.9 Å². The first-order chi connectivity index (χ1) is 9.96. The standard InChI is InChI=1S/C15H17N3O2S/c1-21(19,20)18-12-4-3-11(7-12)14-9-17-15-5-2-10(8-16)6-13(14)15/h2,5-6,9,11-12,17-18H,3-4,7H2,1H3. The Labute approximate surface area is 124 Å². The Kier molecular flexibility index (Phi) is 3.47. The summed E-state index contributed by atoms with van der Waals surface area (Å²) in [5, 5.41) is 10.1. The van der Waals surface area contributed by atoms with Crippen LogP contribution in [0.15, 0.2) is 24.4 Å². The minimum Gasteiger partial charge on any atom is -0.361 e. The maximum atomic E-state index is 11.3. The van der Waals surface area contributed by atoms with E-state index in [0.29, 0.717) is 11.5 Å². The molecule has 2 unspecified atom stereocenters. The van der Waals surface area contributed by atoms with Gasteiger partial charge >= 0.3 is 0 Å². The van der Waals surface area contributed by atoms with Gasteiger partial charge in [-0.25, -0.2) is 13.1 Å². The Hall–Kier alpha value is -1.84. The van der Waals surface area contributed by atoms with Crippen LogP contribution in [-0.2, 0) is 10.0 Å². The van der Waals surface area contributed by atoms with Crippen molar-refractivity contribution in [3.8, 4) is 6.07 Å². The first kappa shape index (κ1) is 14.1. The smallest absolute Gasteiger partial charge is 0.208 e. The van der Waals surface area contributed by atoms with Crippen LogP contribution in [0, 0.1) is 11.3 Å². The predicted molar refractivity (Wildman–Crippen MR) is 81.4 cm³/mol. The number of H-pyrrole nitrogens is 1. The van der Waals surface area contributed by atoms with Crippen molar-refractivity contribution in [3.63, 3.8) is 0 Å². The lowest BCUT2D eigenvalue weighted by atomic mass is 9.96. The maximum absolute atomic E-state index is 11.3. The summed E-state index contributed by atoms with van der Waals surface area (Å²) in [7, 11) is -3.15. The van der Waals surface area contributed by atoms with Crippen LogP contribution >= 0.6 is 0 Å². The Bertz CT molecular complexity index is 817. The highest BCUT2D eigenvalue weighted by Crippen LogP contribution is 2.38. The maximum Gasteiger partial charge on any atom is 0.208 e. The highest BCUT2D eigenvalue weighted by Gasteiger charge is 2.29. The molecule has 0 spiro atoms. The van der Waals surface area contributed by atoms with Gasteiger partial charge in [-0.05, 0) is 48.9 Å². The summed E-state index contributed by atoms with van der Waals surface area (Å²) in [6.07, 6.45) is 5.79. The van der Waals surface area contributed by atoms with Crippen molar-refractivity contribution in [2.75, 3.05) is 6.26 Å². The number of nitrogens with one attached hydrogen (secondary N) is 2. The Morgan fingerprint density at radius 3 is 2.90 bits per heavy atom. The summed E-state index contributed by atoms with van der Waals surface area (Å²) in [6.45, 7) is 0. The Balaban J connectivity index is 1.87. The molecule has 3 rings (SSSR count). The third-order valence-corrected chi connectivity index (χ3v) is 4.86. The van der Waals surface area contributed by atoms with Gasteiger partial charge in [-0.15, -0.1) is 0 Å². The largest absolute Gasteiger partial charge is 0.361 e. The van der Waals surface area contributed by atoms with Crippen molar-refractivity contribution in [2.45, 2.75) is 31.2 Å². The normalized spacial score (nSPS) is 22.5. The topological polar surface area (TPSA) is 85.8 Å². The molecule has 110 valence electrons. The van der Waals surface area contributed by atoms with Crippen LogP contribution in [0.1, 0.15) is 36.3 Å². The molecule has 1 saturated carbocycles. The molecule has 1 heterocycles. The second-order valence-corrected chi connectivity index (χ2v) is 7.49. The van der Waals surface area contributed by atoms with E-state index in [1.54, 1.807) is 6.07 Å². The van der Waals surface area contributed by atoms with E-state index in [1.807, 2.05) is 18.3 Å². The quantitative estimate of drug-likeness (QED) is 0.911. The minimum atomic E-state index is -3.15. The fourth-order valence-electron chi connectivity index (χ4n) is 3.22. The summed E-state index contributed by atoms with van der Waals surface area (Å²) in [5.41, 5.74) is 2.84. The molecule has 5 nitrogen and oxygen atoms in total. The van der Waals surface area contributed by atoms with Gasteiger partial charge in [0.2, 0.25) is 10.0 Å². The molecule has 1 aliphatic rings. The van der Waals surface area contributed by atoms with Gasteiger partial charge in [0.25, 0.3) is 0 Å². The third-order valence-electron chi connectivity index (χ3n) is 4.10. The SMILES string of the molecule is CS(=O)(=O)NC1CCC(c2c[nH]c3ccc(C#N)cc23)C1. The zero-order chi connectivity index (χ0) is 15.0. The van der Waals surface area contributed by atoms with E-state index < -0.39 is 10.0 Å². The van der Waals surface area contributed by atoms with Crippen LogP contribution in [0.3, 0.4) is 0 Å². The summed E-state index contributed by atoms with van der Waals surface area (Å²) in [6, 6.07) is 7.78. The van der Waals surface area contributed by atoms with E-state index in [2.05, 4.69) is 15.8 Å². The number of rotatable bonds is 3. The van der Waals surface area contributed by atoms with Crippen molar-refractivity contribution >= 4 is 20.9 Å². The second kappa shape index (κ2) is 5.17. The van der Waals surface area contributed by atoms with Gasteiger partial charge in [-0.2, -0.15) is 5.26 Å². The van der Waals surface area contributed by atoms with E-state index in [9.17, 15) is 8.42 Å². The predicted octanol–water partition coefficient (Wildman–Crippen LogP) is 2.22. The van der Waals surface area contributed by atoms with E-state index in [0.717, 1.165) is 30.2 Å². The molecule has 0 bridgehead atoms. The average Bonchev–Trinajstić information content (AvgIpc) is 3.02. The molecule has 0 saturated heterocycles. The molecule has 2 N–H and O–H groups in total. The van der Waals surface area contributed by atoms with Crippen LogP contribution in [0.2, 0.25) is 0 Å². The van der Waals surface area contributed by atoms with E-state index in [4.69, 9.17) is 5.26 Å². The zero-order valence-electron chi connectivity index (χ0n) is 11.8. The Morgan fingerprint density at radius 1 is 1.38 bits per heavy atom. The first-order valence-corrected chi connectivity index (χ1v) is 8.84. The van der Waals surface area contributed by atoms with Gasteiger partial charge in [0.1, 0.15) is 0 Å². The molecule has 2 aromatic rings. The molecule has 1 aromatic heterocycles. The highest BCUT2D eigenvalue weighted by molar-refractivity contribution is 7.88. The van der Waals surface area contributed by atoms with Gasteiger partial charge in [-0.3, -0.25) is 0 Å². The molecular weight excluding hydrogens is 286 g/mol. The van der Waals surface area contributed by atoms with E-state index >= 15 is 0 Å². The number of aromatic nitrogens is 1. The van der Waals surface area contributed by atoms with Crippen LogP contribution in [0.4, 0.5) is 0 Å². The second-order valence-electron chi connectivity index (χ2n) is 5.71. The van der Waals surface area contributed by atoms with Crippen LogP contribution in [0.5, 0.6) is 0 Å². The number of hydrogen-bond acceptors (Lipinski definition) is 3. The lowest BCUT2D eigenvalue weighted by molar-refractivity contribution is 0.554. The fraction of sp³-hybridized carbons (Fsp3) is 0.400. The summed E-state index contributed by atoms with van der Waals surface area (Å²) in [5.74, 6) is 0.326. The van der Waals surface area contributed by atoms with Crippen LogP contribution in [-0.4, -0.2) is 25.7 Å². The Morgan fingerprint density at radius 2 is 2.19 bits per heavy atom. The number of sulfonamides is 1. The van der Waals surface area contributed by atoms with Crippen molar-refractivity contribution in [1.29, 1.82) is 5.26 Å². The van der Waals surface area contributed by atoms with Crippen molar-refractivity contribution < 1.29 is 8.42 Å². The molecular formula is C15H17N3O2S. The molecule has 2 atom stereocenters. The number of aromatic amines is 1. The fourth-order valence-corrected chi connectivity index (χ4v) is 4.04.